The summed E-state index contributed by atoms with van der Waals surface area (Å²) < 4.78 is 50.2. The molecule has 12 nitrogen and oxygen atoms in total. The molecule has 4 N–H and O–H groups in total. The molecule has 0 saturated heterocycles. The molecular weight excluding hydrogens is 661 g/mol. The number of amides is 3. The standard InChI is InChI=1S/C32H32ClF3N4O8/c1-17(2)26(28(43)32(34,35)36)39-31(46)27(19-10-12-21(47-3)13-11-19)40-30(45)23(15-18-6-4-7-20(33)14-18)38-29(44)22-8-5-9-24(37-22)48-16-25(41)42/h4-14,17,23,26-27H,15-16H2,1-3H3,(H,38,44)(H,39,46)(H,40,45)(H,41,42)/t23?,26-,27-/m0/s1. The fourth-order valence-corrected chi connectivity index (χ4v) is 4.60. The van der Waals surface area contributed by atoms with Gasteiger partial charge in [0, 0.05) is 17.5 Å². The van der Waals surface area contributed by atoms with Crippen LogP contribution in [0.4, 0.5) is 13.2 Å². The number of nitrogens with one attached hydrogen (secondary N) is 3. The molecule has 0 spiro atoms. The molecule has 1 heterocycles. The first-order valence-corrected chi connectivity index (χ1v) is 14.7. The Bertz CT molecular complexity index is 1640. The van der Waals surface area contributed by atoms with Crippen molar-refractivity contribution in [3.8, 4) is 11.6 Å². The summed E-state index contributed by atoms with van der Waals surface area (Å²) in [6.45, 7) is 1.92. The lowest BCUT2D eigenvalue weighted by Gasteiger charge is -2.27. The van der Waals surface area contributed by atoms with E-state index in [-0.39, 0.29) is 23.6 Å². The number of pyridine rings is 1. The first-order valence-electron chi connectivity index (χ1n) is 14.3. The zero-order chi connectivity index (χ0) is 35.6. The van der Waals surface area contributed by atoms with Crippen LogP contribution in [-0.2, 0) is 25.6 Å². The predicted octanol–water partition coefficient (Wildman–Crippen LogP) is 3.68. The first kappa shape index (κ1) is 37.3. The number of aliphatic carboxylic acids is 1. The van der Waals surface area contributed by atoms with Gasteiger partial charge in [0.15, 0.2) is 6.61 Å². The van der Waals surface area contributed by atoms with Gasteiger partial charge in [-0.2, -0.15) is 13.2 Å². The van der Waals surface area contributed by atoms with Crippen LogP contribution < -0.4 is 25.4 Å². The number of aromatic nitrogens is 1. The van der Waals surface area contributed by atoms with Crippen LogP contribution in [0.2, 0.25) is 5.02 Å². The summed E-state index contributed by atoms with van der Waals surface area (Å²) in [4.78, 5) is 67.6. The molecule has 0 bridgehead atoms. The van der Waals surface area contributed by atoms with Crippen molar-refractivity contribution in [2.75, 3.05) is 13.7 Å². The Hall–Kier alpha value is -5.18. The van der Waals surface area contributed by atoms with Crippen LogP contribution in [0, 0.1) is 5.92 Å². The number of carboxylic acid groups (broad SMARTS) is 1. The van der Waals surface area contributed by atoms with Crippen molar-refractivity contribution in [3.63, 3.8) is 0 Å². The molecule has 1 unspecified atom stereocenters. The summed E-state index contributed by atoms with van der Waals surface area (Å²) >= 11 is 6.12. The molecule has 3 amide bonds. The van der Waals surface area contributed by atoms with Gasteiger partial charge in [0.05, 0.1) is 13.2 Å². The second kappa shape index (κ2) is 16.6. The Labute approximate surface area is 278 Å². The molecule has 0 radical (unpaired) electrons. The molecule has 16 heteroatoms. The maximum absolute atomic E-state index is 13.8. The maximum Gasteiger partial charge on any atom is 0.452 e. The topological polar surface area (TPSA) is 173 Å². The molecule has 3 aromatic rings. The molecule has 0 aliphatic heterocycles. The Balaban J connectivity index is 1.97. The number of nitrogens with zero attached hydrogens (tertiary/aromatic N) is 1. The number of carbonyl (C=O) groups is 5. The number of methoxy groups -OCH3 is 1. The fourth-order valence-electron chi connectivity index (χ4n) is 4.39. The Kier molecular flexibility index (Phi) is 12.9. The molecule has 0 aliphatic carbocycles. The number of carboxylic acids is 1. The number of alkyl halides is 3. The monoisotopic (exact) mass is 692 g/mol. The minimum atomic E-state index is -5.24. The van der Waals surface area contributed by atoms with E-state index >= 15 is 0 Å². The first-order chi connectivity index (χ1) is 22.6. The van der Waals surface area contributed by atoms with Gasteiger partial charge in [-0.05, 0) is 47.4 Å². The number of hydrogen-bond donors (Lipinski definition) is 4. The molecule has 3 rings (SSSR count). The summed E-state index contributed by atoms with van der Waals surface area (Å²) in [6, 6.07) is 11.1. The molecule has 48 heavy (non-hydrogen) atoms. The van der Waals surface area contributed by atoms with E-state index in [1.807, 2.05) is 0 Å². The highest BCUT2D eigenvalue weighted by Gasteiger charge is 2.45. The van der Waals surface area contributed by atoms with Crippen LogP contribution in [-0.4, -0.2) is 71.5 Å². The van der Waals surface area contributed by atoms with Gasteiger partial charge in [0.25, 0.3) is 11.7 Å². The summed E-state index contributed by atoms with van der Waals surface area (Å²) in [5.41, 5.74) is 0.383. The number of benzene rings is 2. The maximum atomic E-state index is 13.8. The summed E-state index contributed by atoms with van der Waals surface area (Å²) in [5, 5.41) is 16.3. The third kappa shape index (κ3) is 10.7. The number of rotatable bonds is 15. The van der Waals surface area contributed by atoms with Gasteiger partial charge < -0.3 is 30.5 Å². The average Bonchev–Trinajstić information content (AvgIpc) is 3.04. The zero-order valence-electron chi connectivity index (χ0n) is 25.8. The number of hydrogen-bond acceptors (Lipinski definition) is 8. The fraction of sp³-hybridized carbons (Fsp3) is 0.312. The average molecular weight is 693 g/mol. The third-order valence-corrected chi connectivity index (χ3v) is 7.01. The van der Waals surface area contributed by atoms with Crippen molar-refractivity contribution in [2.45, 2.75) is 44.6 Å². The summed E-state index contributed by atoms with van der Waals surface area (Å²) in [5.74, 6) is -7.13. The van der Waals surface area contributed by atoms with E-state index in [1.54, 1.807) is 18.2 Å². The molecule has 0 aliphatic rings. The quantitative estimate of drug-likeness (QED) is 0.185. The highest BCUT2D eigenvalue weighted by atomic mass is 35.5. The van der Waals surface area contributed by atoms with Crippen molar-refractivity contribution in [1.29, 1.82) is 0 Å². The SMILES string of the molecule is COc1ccc([C@H](NC(=O)C(Cc2cccc(Cl)c2)NC(=O)c2cccc(OCC(=O)O)n2)C(=O)N[C@H](C(=O)C(F)(F)F)C(C)C)cc1. The number of Topliss-reactive ketones (excluding diaryl/α,β-unsaturated/α-hetero) is 1. The highest BCUT2D eigenvalue weighted by Crippen LogP contribution is 2.24. The van der Waals surface area contributed by atoms with Crippen molar-refractivity contribution < 1.29 is 51.7 Å². The normalized spacial score (nSPS) is 13.1. The second-order valence-electron chi connectivity index (χ2n) is 10.7. The molecule has 0 saturated carbocycles. The number of ketones is 1. The zero-order valence-corrected chi connectivity index (χ0v) is 26.6. The molecule has 256 valence electrons. The highest BCUT2D eigenvalue weighted by molar-refractivity contribution is 6.30. The lowest BCUT2D eigenvalue weighted by Crippen LogP contribution is -2.55. The lowest BCUT2D eigenvalue weighted by atomic mass is 9.97. The largest absolute Gasteiger partial charge is 0.497 e. The van der Waals surface area contributed by atoms with Gasteiger partial charge in [-0.15, -0.1) is 0 Å². The second-order valence-corrected chi connectivity index (χ2v) is 11.1. The van der Waals surface area contributed by atoms with E-state index in [4.69, 9.17) is 26.2 Å². The predicted molar refractivity (Wildman–Crippen MR) is 165 cm³/mol. The number of carbonyl (C=O) groups excluding carboxylic acids is 4. The van der Waals surface area contributed by atoms with Gasteiger partial charge in [-0.3, -0.25) is 19.2 Å². The van der Waals surface area contributed by atoms with Crippen LogP contribution in [0.3, 0.4) is 0 Å². The van der Waals surface area contributed by atoms with Gasteiger partial charge in [0.1, 0.15) is 23.5 Å². The van der Waals surface area contributed by atoms with Crippen LogP contribution in [0.1, 0.15) is 41.5 Å². The summed E-state index contributed by atoms with van der Waals surface area (Å²) in [6.07, 6.45) is -5.40. The van der Waals surface area contributed by atoms with Gasteiger partial charge >= 0.3 is 12.1 Å². The minimum Gasteiger partial charge on any atom is -0.497 e. The van der Waals surface area contributed by atoms with E-state index in [2.05, 4.69) is 20.9 Å². The van der Waals surface area contributed by atoms with Crippen molar-refractivity contribution in [3.05, 3.63) is 88.6 Å². The van der Waals surface area contributed by atoms with Crippen molar-refractivity contribution in [1.82, 2.24) is 20.9 Å². The molecular formula is C32H32ClF3N4O8. The minimum absolute atomic E-state index is 0.126. The van der Waals surface area contributed by atoms with Crippen LogP contribution in [0.15, 0.2) is 66.7 Å². The number of ether oxygens (including phenoxy) is 2. The van der Waals surface area contributed by atoms with Gasteiger partial charge in [-0.1, -0.05) is 55.8 Å². The van der Waals surface area contributed by atoms with Crippen molar-refractivity contribution >= 4 is 41.1 Å². The lowest BCUT2D eigenvalue weighted by molar-refractivity contribution is -0.175. The van der Waals surface area contributed by atoms with E-state index in [1.165, 1.54) is 69.5 Å². The van der Waals surface area contributed by atoms with Gasteiger partial charge in [-0.25, -0.2) is 9.78 Å². The Morgan fingerprint density at radius 2 is 1.58 bits per heavy atom. The third-order valence-electron chi connectivity index (χ3n) is 6.77. The molecule has 2 aromatic carbocycles. The van der Waals surface area contributed by atoms with Gasteiger partial charge in [0.2, 0.25) is 17.7 Å². The van der Waals surface area contributed by atoms with Crippen LogP contribution in [0.25, 0.3) is 0 Å². The van der Waals surface area contributed by atoms with E-state index in [0.717, 1.165) is 0 Å². The van der Waals surface area contributed by atoms with Crippen LogP contribution >= 0.6 is 11.6 Å². The smallest absolute Gasteiger partial charge is 0.452 e. The van der Waals surface area contributed by atoms with E-state index in [0.29, 0.717) is 16.3 Å². The molecule has 1 aromatic heterocycles. The van der Waals surface area contributed by atoms with Crippen molar-refractivity contribution in [2.24, 2.45) is 5.92 Å². The van der Waals surface area contributed by atoms with E-state index in [9.17, 15) is 37.1 Å². The number of halogens is 4. The van der Waals surface area contributed by atoms with E-state index < -0.39 is 66.3 Å². The molecule has 0 fully saturated rings. The Morgan fingerprint density at radius 1 is 0.917 bits per heavy atom. The molecule has 3 atom stereocenters. The summed E-state index contributed by atoms with van der Waals surface area (Å²) in [7, 11) is 1.39. The van der Waals surface area contributed by atoms with Crippen LogP contribution in [0.5, 0.6) is 11.6 Å². The Morgan fingerprint density at radius 3 is 2.17 bits per heavy atom.